The second-order valence-corrected chi connectivity index (χ2v) is 4.69. The summed E-state index contributed by atoms with van der Waals surface area (Å²) in [6, 6.07) is 3.98. The Hall–Kier alpha value is -1.27. The Balaban J connectivity index is 2.10. The van der Waals surface area contributed by atoms with E-state index in [-0.39, 0.29) is 17.3 Å². The van der Waals surface area contributed by atoms with E-state index in [0.29, 0.717) is 10.9 Å². The summed E-state index contributed by atoms with van der Waals surface area (Å²) < 4.78 is 18.5. The molecule has 7 heteroatoms. The normalized spacial score (nSPS) is 20.3. The molecule has 1 aliphatic heterocycles. The van der Waals surface area contributed by atoms with Crippen molar-refractivity contribution < 1.29 is 9.13 Å². The summed E-state index contributed by atoms with van der Waals surface area (Å²) in [6.07, 6.45) is -0.596. The molecule has 1 aromatic rings. The second kappa shape index (κ2) is 5.16. The molecule has 0 amide bonds. The third-order valence-electron chi connectivity index (χ3n) is 2.59. The van der Waals surface area contributed by atoms with Gasteiger partial charge in [0.1, 0.15) is 17.7 Å². The number of ether oxygens (including phenoxy) is 1. The molecule has 0 bridgehead atoms. The standard InChI is InChI=1S/C11H11ClFN3OS/c1-6(10-14-15-11(18)16(10)2)17-9-4-3-7(13)5-8(9)12/h3-6,10H,1-2H3. The van der Waals surface area contributed by atoms with Crippen molar-refractivity contribution in [2.45, 2.75) is 19.2 Å². The topological polar surface area (TPSA) is 37.2 Å². The first-order chi connectivity index (χ1) is 8.49. The van der Waals surface area contributed by atoms with Gasteiger partial charge < -0.3 is 9.64 Å². The summed E-state index contributed by atoms with van der Waals surface area (Å²) in [6.45, 7) is 1.83. The Morgan fingerprint density at radius 1 is 1.56 bits per heavy atom. The molecule has 0 saturated carbocycles. The van der Waals surface area contributed by atoms with Crippen LogP contribution >= 0.6 is 23.8 Å². The fourth-order valence-electron chi connectivity index (χ4n) is 1.61. The lowest BCUT2D eigenvalue weighted by atomic mass is 10.3. The van der Waals surface area contributed by atoms with Crippen molar-refractivity contribution in [3.8, 4) is 5.75 Å². The lowest BCUT2D eigenvalue weighted by Crippen LogP contribution is -2.39. The number of nitrogens with zero attached hydrogens (tertiary/aromatic N) is 3. The van der Waals surface area contributed by atoms with Crippen molar-refractivity contribution >= 4 is 28.9 Å². The van der Waals surface area contributed by atoms with Gasteiger partial charge in [0, 0.05) is 7.05 Å². The van der Waals surface area contributed by atoms with Crippen molar-refractivity contribution in [3.63, 3.8) is 0 Å². The van der Waals surface area contributed by atoms with Crippen LogP contribution in [0.25, 0.3) is 0 Å². The van der Waals surface area contributed by atoms with Crippen LogP contribution in [0.4, 0.5) is 4.39 Å². The summed E-state index contributed by atoms with van der Waals surface area (Å²) in [5.74, 6) is 0.00541. The molecule has 1 heterocycles. The van der Waals surface area contributed by atoms with Gasteiger partial charge in [-0.3, -0.25) is 0 Å². The Bertz CT molecular complexity index is 511. The molecule has 0 fully saturated rings. The van der Waals surface area contributed by atoms with Crippen LogP contribution in [0.2, 0.25) is 5.02 Å². The van der Waals surface area contributed by atoms with Gasteiger partial charge in [-0.2, -0.15) is 5.11 Å². The molecule has 2 unspecified atom stereocenters. The maximum absolute atomic E-state index is 12.9. The zero-order chi connectivity index (χ0) is 13.3. The highest BCUT2D eigenvalue weighted by atomic mass is 35.5. The summed E-state index contributed by atoms with van der Waals surface area (Å²) in [5, 5.41) is 8.46. The number of azo groups is 1. The van der Waals surface area contributed by atoms with Crippen LogP contribution in [0, 0.1) is 5.82 Å². The molecule has 96 valence electrons. The SMILES string of the molecule is CC(Oc1ccc(F)cc1Cl)C1N=NC(=S)N1C. The fourth-order valence-corrected chi connectivity index (χ4v) is 1.98. The molecule has 0 aromatic heterocycles. The molecule has 0 radical (unpaired) electrons. The predicted molar refractivity (Wildman–Crippen MR) is 70.5 cm³/mol. The summed E-state index contributed by atoms with van der Waals surface area (Å²) >= 11 is 10.9. The number of rotatable bonds is 3. The van der Waals surface area contributed by atoms with Crippen LogP contribution in [0.5, 0.6) is 5.75 Å². The van der Waals surface area contributed by atoms with Crippen LogP contribution in [0.1, 0.15) is 6.92 Å². The minimum atomic E-state index is -0.404. The fraction of sp³-hybridized carbons (Fsp3) is 0.364. The van der Waals surface area contributed by atoms with Gasteiger partial charge >= 0.3 is 0 Å². The molecule has 18 heavy (non-hydrogen) atoms. The van der Waals surface area contributed by atoms with Crippen molar-refractivity contribution in [3.05, 3.63) is 29.0 Å². The van der Waals surface area contributed by atoms with E-state index in [0.717, 1.165) is 0 Å². The summed E-state index contributed by atoms with van der Waals surface area (Å²) in [4.78, 5) is 1.73. The van der Waals surface area contributed by atoms with E-state index in [1.807, 2.05) is 6.92 Å². The number of likely N-dealkylation sites (N-methyl/N-ethyl adjacent to an activating group) is 1. The lowest BCUT2D eigenvalue weighted by Gasteiger charge is -2.24. The molecule has 2 atom stereocenters. The molecule has 1 aromatic carbocycles. The Morgan fingerprint density at radius 3 is 2.83 bits per heavy atom. The largest absolute Gasteiger partial charge is 0.485 e. The van der Waals surface area contributed by atoms with Crippen molar-refractivity contribution in [2.75, 3.05) is 7.05 Å². The third-order valence-corrected chi connectivity index (χ3v) is 3.25. The van der Waals surface area contributed by atoms with E-state index >= 15 is 0 Å². The van der Waals surface area contributed by atoms with E-state index < -0.39 is 5.82 Å². The van der Waals surface area contributed by atoms with E-state index in [4.69, 9.17) is 28.6 Å². The highest BCUT2D eigenvalue weighted by Gasteiger charge is 2.29. The number of halogens is 2. The molecule has 0 saturated heterocycles. The maximum atomic E-state index is 12.9. The van der Waals surface area contributed by atoms with E-state index in [9.17, 15) is 4.39 Å². The quantitative estimate of drug-likeness (QED) is 0.801. The zero-order valence-electron chi connectivity index (χ0n) is 9.80. The Morgan fingerprint density at radius 2 is 2.28 bits per heavy atom. The average molecular weight is 288 g/mol. The van der Waals surface area contributed by atoms with Gasteiger partial charge in [0.25, 0.3) is 0 Å². The molecule has 0 N–H and O–H groups in total. The Labute approximate surface area is 114 Å². The smallest absolute Gasteiger partial charge is 0.217 e. The second-order valence-electron chi connectivity index (χ2n) is 3.92. The van der Waals surface area contributed by atoms with Gasteiger partial charge in [0.15, 0.2) is 6.17 Å². The first kappa shape index (κ1) is 13.2. The zero-order valence-corrected chi connectivity index (χ0v) is 11.4. The van der Waals surface area contributed by atoms with Crippen LogP contribution in [0.3, 0.4) is 0 Å². The van der Waals surface area contributed by atoms with E-state index in [2.05, 4.69) is 10.2 Å². The molecular weight excluding hydrogens is 277 g/mol. The van der Waals surface area contributed by atoms with Crippen LogP contribution in [-0.4, -0.2) is 29.3 Å². The van der Waals surface area contributed by atoms with Crippen LogP contribution in [0.15, 0.2) is 28.4 Å². The minimum Gasteiger partial charge on any atom is -0.485 e. The Kier molecular flexibility index (Phi) is 3.77. The van der Waals surface area contributed by atoms with Crippen LogP contribution < -0.4 is 4.74 Å². The molecule has 0 spiro atoms. The van der Waals surface area contributed by atoms with Gasteiger partial charge in [0.05, 0.1) is 5.02 Å². The predicted octanol–water partition coefficient (Wildman–Crippen LogP) is 3.26. The van der Waals surface area contributed by atoms with Gasteiger partial charge in [0.2, 0.25) is 5.11 Å². The first-order valence-electron chi connectivity index (χ1n) is 5.28. The average Bonchev–Trinajstić information content (AvgIpc) is 2.64. The van der Waals surface area contributed by atoms with E-state index in [1.54, 1.807) is 11.9 Å². The number of hydrogen-bond donors (Lipinski definition) is 0. The van der Waals surface area contributed by atoms with Crippen molar-refractivity contribution in [1.29, 1.82) is 0 Å². The van der Waals surface area contributed by atoms with Gasteiger partial charge in [-0.1, -0.05) is 11.6 Å². The molecule has 0 aliphatic carbocycles. The molecular formula is C11H11ClFN3OS. The maximum Gasteiger partial charge on any atom is 0.217 e. The molecule has 2 rings (SSSR count). The first-order valence-corrected chi connectivity index (χ1v) is 6.07. The summed E-state index contributed by atoms with van der Waals surface area (Å²) in [5.41, 5.74) is 0. The lowest BCUT2D eigenvalue weighted by molar-refractivity contribution is 0.142. The van der Waals surface area contributed by atoms with Gasteiger partial charge in [-0.25, -0.2) is 4.39 Å². The number of benzene rings is 1. The summed E-state index contributed by atoms with van der Waals surface area (Å²) in [7, 11) is 1.79. The number of thiocarbonyl (C=S) groups is 1. The van der Waals surface area contributed by atoms with Crippen molar-refractivity contribution in [1.82, 2.24) is 4.90 Å². The monoisotopic (exact) mass is 287 g/mol. The molecule has 1 aliphatic rings. The van der Waals surface area contributed by atoms with E-state index in [1.165, 1.54) is 18.2 Å². The highest BCUT2D eigenvalue weighted by Crippen LogP contribution is 2.27. The van der Waals surface area contributed by atoms with Gasteiger partial charge in [-0.15, -0.1) is 5.11 Å². The van der Waals surface area contributed by atoms with Gasteiger partial charge in [-0.05, 0) is 37.3 Å². The highest BCUT2D eigenvalue weighted by molar-refractivity contribution is 7.80. The molecule has 4 nitrogen and oxygen atoms in total. The third kappa shape index (κ3) is 2.59. The number of hydrogen-bond acceptors (Lipinski definition) is 3. The minimum absolute atomic E-state index is 0.224. The van der Waals surface area contributed by atoms with Crippen LogP contribution in [-0.2, 0) is 0 Å². The van der Waals surface area contributed by atoms with Crippen molar-refractivity contribution in [2.24, 2.45) is 10.2 Å².